The molecule has 1 amide bonds. The molecule has 7 nitrogen and oxygen atoms in total. The van der Waals surface area contributed by atoms with Crippen molar-refractivity contribution < 1.29 is 27.4 Å². The van der Waals surface area contributed by atoms with Crippen molar-refractivity contribution in [1.29, 1.82) is 0 Å². The molecule has 5 rings (SSSR count). The maximum absolute atomic E-state index is 12.7. The molecule has 0 radical (unpaired) electrons. The van der Waals surface area contributed by atoms with Crippen molar-refractivity contribution in [2.45, 2.75) is 69.0 Å². The zero-order valence-electron chi connectivity index (χ0n) is 18.1. The van der Waals surface area contributed by atoms with Gasteiger partial charge in [-0.2, -0.15) is 13.2 Å². The molecule has 1 saturated carbocycles. The van der Waals surface area contributed by atoms with Gasteiger partial charge in [0.25, 0.3) is 5.91 Å². The minimum atomic E-state index is -4.44. The van der Waals surface area contributed by atoms with Gasteiger partial charge in [0, 0.05) is 11.8 Å². The van der Waals surface area contributed by atoms with Crippen LogP contribution in [-0.4, -0.2) is 52.4 Å². The number of aromatic nitrogens is 3. The summed E-state index contributed by atoms with van der Waals surface area (Å²) in [6.07, 6.45) is 4.23. The summed E-state index contributed by atoms with van der Waals surface area (Å²) >= 11 is 0. The van der Waals surface area contributed by atoms with Gasteiger partial charge in [-0.3, -0.25) is 4.79 Å². The van der Waals surface area contributed by atoms with Crippen molar-refractivity contribution >= 4 is 5.91 Å². The minimum Gasteiger partial charge on any atom is -0.371 e. The molecule has 178 valence electrons. The zero-order valence-corrected chi connectivity index (χ0v) is 18.1. The molecular formula is C23H27F3N4O3. The second kappa shape index (κ2) is 9.06. The third-order valence-electron chi connectivity index (χ3n) is 6.94. The van der Waals surface area contributed by atoms with Crippen molar-refractivity contribution in [2.24, 2.45) is 5.92 Å². The summed E-state index contributed by atoms with van der Waals surface area (Å²) in [6.45, 7) is 0.663. The first-order valence-electron chi connectivity index (χ1n) is 11.5. The van der Waals surface area contributed by atoms with Crippen LogP contribution in [-0.2, 0) is 22.1 Å². The molecule has 1 aromatic carbocycles. The molecule has 3 fully saturated rings. The molecule has 1 N–H and O–H groups in total. The Bertz CT molecular complexity index is 972. The first-order chi connectivity index (χ1) is 15.9. The lowest BCUT2D eigenvalue weighted by molar-refractivity contribution is -0.137. The fraction of sp³-hybridized carbons (Fsp3) is 0.609. The maximum atomic E-state index is 12.7. The van der Waals surface area contributed by atoms with Gasteiger partial charge in [-0.1, -0.05) is 37.3 Å². The predicted octanol–water partition coefficient (Wildman–Crippen LogP) is 3.56. The third-order valence-corrected chi connectivity index (χ3v) is 6.94. The average Bonchev–Trinajstić information content (AvgIpc) is 3.52. The van der Waals surface area contributed by atoms with E-state index in [0.717, 1.165) is 24.2 Å². The van der Waals surface area contributed by atoms with E-state index in [0.29, 0.717) is 12.5 Å². The van der Waals surface area contributed by atoms with E-state index in [4.69, 9.17) is 9.47 Å². The van der Waals surface area contributed by atoms with Crippen LogP contribution < -0.4 is 5.32 Å². The number of nitrogens with one attached hydrogen (secondary N) is 1. The van der Waals surface area contributed by atoms with Crippen LogP contribution in [0.3, 0.4) is 0 Å². The summed E-state index contributed by atoms with van der Waals surface area (Å²) in [7, 11) is 0. The highest BCUT2D eigenvalue weighted by Crippen LogP contribution is 2.35. The van der Waals surface area contributed by atoms with Crippen molar-refractivity contribution in [2.75, 3.05) is 13.2 Å². The van der Waals surface area contributed by atoms with Gasteiger partial charge >= 0.3 is 6.18 Å². The molecule has 0 bridgehead atoms. The number of ether oxygens (including phenoxy) is 2. The number of halogens is 3. The van der Waals surface area contributed by atoms with Crippen molar-refractivity contribution in [3.8, 4) is 0 Å². The van der Waals surface area contributed by atoms with Crippen LogP contribution >= 0.6 is 0 Å². The second-order valence-corrected chi connectivity index (χ2v) is 9.22. The molecule has 0 unspecified atom stereocenters. The van der Waals surface area contributed by atoms with E-state index in [9.17, 15) is 18.0 Å². The fourth-order valence-electron chi connectivity index (χ4n) is 5.15. The predicted molar refractivity (Wildman–Crippen MR) is 112 cm³/mol. The number of nitrogens with zero attached hydrogens (tertiary/aromatic N) is 3. The van der Waals surface area contributed by atoms with Gasteiger partial charge in [0.15, 0.2) is 0 Å². The highest BCUT2D eigenvalue weighted by atomic mass is 19.4. The maximum Gasteiger partial charge on any atom is 0.416 e. The van der Waals surface area contributed by atoms with Crippen LogP contribution in [0, 0.1) is 5.92 Å². The Morgan fingerprint density at radius 3 is 2.52 bits per heavy atom. The first kappa shape index (κ1) is 22.3. The Labute approximate surface area is 189 Å². The molecular weight excluding hydrogens is 437 g/mol. The summed E-state index contributed by atoms with van der Waals surface area (Å²) in [5, 5.41) is 11.5. The van der Waals surface area contributed by atoms with Crippen LogP contribution in [0.15, 0.2) is 30.5 Å². The van der Waals surface area contributed by atoms with Crippen LogP contribution in [0.5, 0.6) is 0 Å². The molecule has 33 heavy (non-hydrogen) atoms. The number of hydrogen-bond acceptors (Lipinski definition) is 5. The van der Waals surface area contributed by atoms with E-state index in [2.05, 4.69) is 15.6 Å². The van der Waals surface area contributed by atoms with Gasteiger partial charge < -0.3 is 14.8 Å². The summed E-state index contributed by atoms with van der Waals surface area (Å²) < 4.78 is 51.9. The summed E-state index contributed by atoms with van der Waals surface area (Å²) in [5.41, 5.74) is 0.348. The first-order valence-corrected chi connectivity index (χ1v) is 11.5. The average molecular weight is 464 g/mol. The lowest BCUT2D eigenvalue weighted by atomic mass is 9.86. The zero-order chi connectivity index (χ0) is 23.0. The fourth-order valence-corrected chi connectivity index (χ4v) is 5.15. The minimum absolute atomic E-state index is 0.129. The molecule has 1 aliphatic carbocycles. The lowest BCUT2D eigenvalue weighted by Crippen LogP contribution is -2.44. The highest BCUT2D eigenvalue weighted by molar-refractivity contribution is 5.94. The van der Waals surface area contributed by atoms with Crippen LogP contribution in [0.4, 0.5) is 13.2 Å². The molecule has 3 heterocycles. The largest absolute Gasteiger partial charge is 0.416 e. The number of hydrogen-bond donors (Lipinski definition) is 1. The number of amides is 1. The number of fused-ring (bicyclic) bond motifs is 1. The highest BCUT2D eigenvalue weighted by Gasteiger charge is 2.49. The van der Waals surface area contributed by atoms with Gasteiger partial charge in [-0.25, -0.2) is 4.68 Å². The number of rotatable bonds is 5. The Hall–Kier alpha value is -2.46. The van der Waals surface area contributed by atoms with E-state index >= 15 is 0 Å². The summed E-state index contributed by atoms with van der Waals surface area (Å²) in [6, 6.07) is 3.64. The van der Waals surface area contributed by atoms with E-state index in [1.165, 1.54) is 44.2 Å². The number of alkyl halides is 3. The Kier molecular flexibility index (Phi) is 6.13. The van der Waals surface area contributed by atoms with Gasteiger partial charge in [0.1, 0.15) is 18.2 Å². The number of benzene rings is 1. The second-order valence-electron chi connectivity index (χ2n) is 9.22. The quantitative estimate of drug-likeness (QED) is 0.732. The van der Waals surface area contributed by atoms with E-state index < -0.39 is 17.6 Å². The topological polar surface area (TPSA) is 78.3 Å². The lowest BCUT2D eigenvalue weighted by Gasteiger charge is -2.20. The van der Waals surface area contributed by atoms with Gasteiger partial charge in [0.2, 0.25) is 0 Å². The summed E-state index contributed by atoms with van der Waals surface area (Å²) in [4.78, 5) is 12.6. The Morgan fingerprint density at radius 1 is 1.06 bits per heavy atom. The SMILES string of the molecule is O=C(N[C@@H]1CO[C@@H]2[C@@H]1OC[C@@H]2n1cc(CC2CCCCC2)nn1)c1ccc(C(F)(F)F)cc1. The Balaban J connectivity index is 1.19. The molecule has 2 aromatic rings. The van der Waals surface area contributed by atoms with Crippen LogP contribution in [0.1, 0.15) is 59.8 Å². The number of carbonyl (C=O) groups excluding carboxylic acids is 1. The molecule has 4 atom stereocenters. The van der Waals surface area contributed by atoms with Crippen molar-refractivity contribution in [3.63, 3.8) is 0 Å². The van der Waals surface area contributed by atoms with E-state index in [1.54, 1.807) is 0 Å². The monoisotopic (exact) mass is 464 g/mol. The molecule has 1 aromatic heterocycles. The third kappa shape index (κ3) is 4.77. The number of carbonyl (C=O) groups is 1. The molecule has 2 aliphatic heterocycles. The molecule has 3 aliphatic rings. The van der Waals surface area contributed by atoms with Gasteiger partial charge in [-0.05, 0) is 36.6 Å². The summed E-state index contributed by atoms with van der Waals surface area (Å²) in [5.74, 6) is 0.213. The molecule has 2 saturated heterocycles. The standard InChI is InChI=1S/C23H27F3N4O3/c24-23(25,26)16-8-6-15(7-9-16)22(31)27-18-12-32-21-19(13-33-20(18)21)30-11-17(28-29-30)10-14-4-2-1-3-5-14/h6-9,11,14,18-21H,1-5,10,12-13H2,(H,27,31)/t18-,19+,20-,21+/m1/s1. The smallest absolute Gasteiger partial charge is 0.371 e. The van der Waals surface area contributed by atoms with E-state index in [1.807, 2.05) is 10.9 Å². The van der Waals surface area contributed by atoms with Gasteiger partial charge in [0.05, 0.1) is 30.5 Å². The van der Waals surface area contributed by atoms with Crippen molar-refractivity contribution in [3.05, 3.63) is 47.3 Å². The van der Waals surface area contributed by atoms with Crippen LogP contribution in [0.25, 0.3) is 0 Å². The normalized spacial score (nSPS) is 28.1. The van der Waals surface area contributed by atoms with Gasteiger partial charge in [-0.15, -0.1) is 5.10 Å². The van der Waals surface area contributed by atoms with Crippen molar-refractivity contribution in [1.82, 2.24) is 20.3 Å². The van der Waals surface area contributed by atoms with E-state index in [-0.39, 0.29) is 36.5 Å². The Morgan fingerprint density at radius 2 is 1.79 bits per heavy atom. The molecule has 0 spiro atoms. The molecule has 10 heteroatoms. The van der Waals surface area contributed by atoms with Crippen LogP contribution in [0.2, 0.25) is 0 Å².